The number of imidazole rings is 1. The maximum atomic E-state index is 14.5. The van der Waals surface area contributed by atoms with Gasteiger partial charge in [-0.1, -0.05) is 18.2 Å². The van der Waals surface area contributed by atoms with E-state index in [1.807, 2.05) is 44.0 Å². The predicted octanol–water partition coefficient (Wildman–Crippen LogP) is 4.51. The predicted molar refractivity (Wildman–Crippen MR) is 149 cm³/mol. The van der Waals surface area contributed by atoms with Crippen LogP contribution >= 0.6 is 8.53 Å². The average Bonchev–Trinajstić information content (AvgIpc) is 3.54. The van der Waals surface area contributed by atoms with Gasteiger partial charge in [-0.2, -0.15) is 0 Å². The summed E-state index contributed by atoms with van der Waals surface area (Å²) in [5.41, 5.74) is 2.86. The highest BCUT2D eigenvalue weighted by atomic mass is 31.2. The van der Waals surface area contributed by atoms with Crippen LogP contribution in [0.1, 0.15) is 52.6 Å². The molecule has 1 fully saturated rings. The van der Waals surface area contributed by atoms with Crippen LogP contribution in [0.2, 0.25) is 0 Å². The fraction of sp³-hybridized carbons (Fsp3) is 0.500. The van der Waals surface area contributed by atoms with Crippen LogP contribution in [0.15, 0.2) is 43.0 Å². The van der Waals surface area contributed by atoms with E-state index < -0.39 is 33.0 Å². The van der Waals surface area contributed by atoms with Gasteiger partial charge in [0.05, 0.1) is 12.4 Å². The number of halogens is 1. The van der Waals surface area contributed by atoms with Crippen molar-refractivity contribution in [2.45, 2.75) is 71.2 Å². The number of carbonyl (C=O) groups is 1. The van der Waals surface area contributed by atoms with Crippen molar-refractivity contribution >= 4 is 31.4 Å². The number of benzene rings is 1. The summed E-state index contributed by atoms with van der Waals surface area (Å²) in [7, 11) is -1.72. The van der Waals surface area contributed by atoms with Gasteiger partial charge in [0.1, 0.15) is 25.1 Å². The molecule has 5 atom stereocenters. The Kier molecular flexibility index (Phi) is 9.59. The van der Waals surface area contributed by atoms with Crippen molar-refractivity contribution in [3.63, 3.8) is 0 Å². The second-order valence-corrected chi connectivity index (χ2v) is 11.1. The summed E-state index contributed by atoms with van der Waals surface area (Å²) in [4.78, 5) is 29.0. The number of nitrogens with zero attached hydrogens (tertiary/aromatic N) is 6. The van der Waals surface area contributed by atoms with Crippen LogP contribution in [0.5, 0.6) is 0 Å². The van der Waals surface area contributed by atoms with Gasteiger partial charge in [-0.15, -0.1) is 10.0 Å². The van der Waals surface area contributed by atoms with Crippen molar-refractivity contribution in [3.05, 3.63) is 60.0 Å². The topological polar surface area (TPSA) is 120 Å². The van der Waals surface area contributed by atoms with E-state index in [0.29, 0.717) is 16.7 Å². The van der Waals surface area contributed by atoms with Gasteiger partial charge in [0.2, 0.25) is 6.54 Å². The van der Waals surface area contributed by atoms with E-state index in [-0.39, 0.29) is 43.9 Å². The van der Waals surface area contributed by atoms with E-state index in [0.717, 1.165) is 0 Å². The van der Waals surface area contributed by atoms with Gasteiger partial charge in [-0.3, -0.25) is 9.36 Å². The van der Waals surface area contributed by atoms with E-state index in [2.05, 4.69) is 25.1 Å². The molecule has 3 heterocycles. The first-order valence-electron chi connectivity index (χ1n) is 13.6. The van der Waals surface area contributed by atoms with Crippen molar-refractivity contribution < 1.29 is 24.4 Å². The van der Waals surface area contributed by atoms with Gasteiger partial charge < -0.3 is 23.9 Å². The Labute approximate surface area is 235 Å². The van der Waals surface area contributed by atoms with Crippen LogP contribution in [0.4, 0.5) is 10.3 Å². The minimum Gasteiger partial charge on any atom is -0.350 e. The molecule has 0 saturated carbocycles. The lowest BCUT2D eigenvalue weighted by Gasteiger charge is -2.37. The maximum absolute atomic E-state index is 14.5. The quantitative estimate of drug-likeness (QED) is 0.140. The first kappa shape index (κ1) is 28.4. The summed E-state index contributed by atoms with van der Waals surface area (Å²) < 4.78 is 44.8. The minimum absolute atomic E-state index is 0.0391. The molecule has 3 aromatic rings. The molecule has 2 aromatic heterocycles. The first-order valence-corrected chi connectivity index (χ1v) is 14.0. The van der Waals surface area contributed by atoms with Crippen LogP contribution in [0.25, 0.3) is 16.0 Å². The van der Waals surface area contributed by atoms with Crippen molar-refractivity contribution in [3.8, 4) is 0 Å². The largest absolute Gasteiger partial charge is 0.350 e. The third kappa shape index (κ3) is 6.44. The average molecular weight is 574 g/mol. The van der Waals surface area contributed by atoms with E-state index in [1.165, 1.54) is 17.2 Å². The summed E-state index contributed by atoms with van der Waals surface area (Å²) in [6, 6.07) is 7.71. The van der Waals surface area contributed by atoms with E-state index in [1.54, 1.807) is 24.3 Å². The highest BCUT2D eigenvalue weighted by Crippen LogP contribution is 2.50. The van der Waals surface area contributed by atoms with Gasteiger partial charge in [0, 0.05) is 19.0 Å². The second-order valence-electron chi connectivity index (χ2n) is 9.66. The molecule has 1 aromatic carbocycles. The molecule has 1 amide bonds. The Bertz CT molecular complexity index is 1340. The van der Waals surface area contributed by atoms with Crippen molar-refractivity contribution in [2.24, 2.45) is 0 Å². The van der Waals surface area contributed by atoms with Gasteiger partial charge in [-0.05, 0) is 46.7 Å². The molecule has 2 N–H and O–H groups in total. The zero-order chi connectivity index (χ0) is 29.5. The lowest BCUT2D eigenvalue weighted by Crippen LogP contribution is -2.42. The molecule has 14 heteroatoms. The van der Waals surface area contributed by atoms with E-state index in [4.69, 9.17) is 21.7 Å². The summed E-state index contributed by atoms with van der Waals surface area (Å²) in [6.07, 6.45) is 0.0138. The van der Waals surface area contributed by atoms with E-state index in [9.17, 15) is 9.28 Å². The molecule has 0 radical (unpaired) electrons. The number of aromatic nitrogens is 4. The third-order valence-corrected chi connectivity index (χ3v) is 8.36. The number of fused-ring (bicyclic) bond motifs is 1. The molecule has 3 unspecified atom stereocenters. The number of anilines is 1. The van der Waals surface area contributed by atoms with Gasteiger partial charge in [0.25, 0.3) is 14.4 Å². The van der Waals surface area contributed by atoms with Crippen LogP contribution < -0.4 is 10.9 Å². The number of hydrogen-bond donors (Lipinski definition) is 2. The normalized spacial score (nSPS) is 22.1. The fourth-order valence-corrected chi connectivity index (χ4v) is 6.29. The number of ether oxygens (including phenoxy) is 1. The molecule has 1 aliphatic rings. The smallest absolute Gasteiger partial charge is 0.259 e. The molecule has 4 rings (SSSR count). The number of rotatable bonds is 12. The van der Waals surface area contributed by atoms with Gasteiger partial charge in [0.15, 0.2) is 23.2 Å². The highest BCUT2D eigenvalue weighted by molar-refractivity contribution is 7.44. The number of carbonyl (C=O) groups excluding carboxylic acids is 1. The van der Waals surface area contributed by atoms with Crippen LogP contribution in [-0.2, 0) is 13.8 Å². The summed E-state index contributed by atoms with van der Waals surface area (Å²) >= 11 is 0. The van der Waals surface area contributed by atoms with Gasteiger partial charge in [-0.25, -0.2) is 26.2 Å². The molecule has 0 spiro atoms. The van der Waals surface area contributed by atoms with Crippen molar-refractivity contribution in [1.29, 1.82) is 0 Å². The van der Waals surface area contributed by atoms with Crippen LogP contribution in [0, 0.1) is 6.57 Å². The Morgan fingerprint density at radius 2 is 2.02 bits per heavy atom. The Morgan fingerprint density at radius 3 is 2.67 bits per heavy atom. The van der Waals surface area contributed by atoms with Crippen molar-refractivity contribution in [1.82, 2.24) is 29.7 Å². The van der Waals surface area contributed by atoms with Gasteiger partial charge >= 0.3 is 0 Å². The first-order chi connectivity index (χ1) is 19.8. The zero-order valence-electron chi connectivity index (χ0n) is 23.8. The second kappa shape index (κ2) is 13.5. The Hall–Kier alpha value is -3.11. The number of nitrogens with one attached hydrogen (secondary N) is 2. The standard InChI is InChI=1S/C26H34FN8O4P/c1-16(2)35(17(3)4)40(37-13-12-28-6)39-22-18(5)38-26(20(22)33-27)34-15-31-21-23(29-14-30-24(21)34)32-25(36)19-10-8-7-9-11-19/h7-11,14-18,20,22,26,33H,12-13H2,1-5H3,(H,29,30,32,36)/t18-,20?,22?,26-,40?/m1/s1/i5D. The fourth-order valence-electron chi connectivity index (χ4n) is 4.52. The molecular formula is C26H34FN8O4P. The SMILES string of the molecule is [2H]C[C@H]1O[C@@H](n2cnc3c(NC(=O)c4ccccc4)ncnc32)C(NF)C1OP(OCC[N+]#[C-])N(C(C)C)C(C)C. The minimum atomic E-state index is -1.72. The van der Waals surface area contributed by atoms with Crippen LogP contribution in [0.3, 0.4) is 0 Å². The summed E-state index contributed by atoms with van der Waals surface area (Å²) in [5, 5.41) is 2.75. The Balaban J connectivity index is 1.62. The summed E-state index contributed by atoms with van der Waals surface area (Å²) in [5.74, 6) is -0.175. The lowest BCUT2D eigenvalue weighted by molar-refractivity contribution is -0.0103. The zero-order valence-corrected chi connectivity index (χ0v) is 23.7. The Morgan fingerprint density at radius 1 is 1.27 bits per heavy atom. The van der Waals surface area contributed by atoms with Crippen LogP contribution in [-0.4, -0.2) is 73.6 Å². The monoisotopic (exact) mass is 573 g/mol. The van der Waals surface area contributed by atoms with E-state index >= 15 is 0 Å². The molecule has 40 heavy (non-hydrogen) atoms. The highest BCUT2D eigenvalue weighted by Gasteiger charge is 2.48. The number of hydrogen-bond acceptors (Lipinski definition) is 9. The third-order valence-electron chi connectivity index (χ3n) is 6.23. The van der Waals surface area contributed by atoms with Crippen molar-refractivity contribution in [2.75, 3.05) is 18.5 Å². The molecule has 12 nitrogen and oxygen atoms in total. The molecular weight excluding hydrogens is 538 g/mol. The molecule has 214 valence electrons. The molecule has 0 bridgehead atoms. The molecule has 0 aliphatic carbocycles. The lowest BCUT2D eigenvalue weighted by atomic mass is 10.1. The molecule has 1 aliphatic heterocycles. The summed E-state index contributed by atoms with van der Waals surface area (Å²) in [6.45, 7) is 15.2. The maximum Gasteiger partial charge on any atom is 0.259 e. The number of amides is 1. The molecule has 1 saturated heterocycles.